The lowest BCUT2D eigenvalue weighted by molar-refractivity contribution is -0.139. The van der Waals surface area contributed by atoms with E-state index in [-0.39, 0.29) is 12.5 Å². The van der Waals surface area contributed by atoms with Gasteiger partial charge in [-0.1, -0.05) is 5.16 Å². The molecule has 1 aromatic rings. The Morgan fingerprint density at radius 1 is 1.43 bits per heavy atom. The molecular formula is C14H19N3O4. The van der Waals surface area contributed by atoms with Crippen molar-refractivity contribution in [3.8, 4) is 5.75 Å². The van der Waals surface area contributed by atoms with Gasteiger partial charge in [0.05, 0.1) is 33.1 Å². The summed E-state index contributed by atoms with van der Waals surface area (Å²) in [6, 6.07) is 7.35. The van der Waals surface area contributed by atoms with E-state index in [9.17, 15) is 4.79 Å². The maximum Gasteiger partial charge on any atom is 0.277 e. The fourth-order valence-electron chi connectivity index (χ4n) is 1.76. The number of benzene rings is 1. The van der Waals surface area contributed by atoms with Gasteiger partial charge in [-0.05, 0) is 29.8 Å². The van der Waals surface area contributed by atoms with Gasteiger partial charge in [-0.3, -0.25) is 9.80 Å². The summed E-state index contributed by atoms with van der Waals surface area (Å²) >= 11 is 0. The maximum absolute atomic E-state index is 11.8. The zero-order chi connectivity index (χ0) is 14.9. The Hall–Kier alpha value is -2.12. The average Bonchev–Trinajstić information content (AvgIpc) is 2.81. The van der Waals surface area contributed by atoms with Gasteiger partial charge in [-0.15, -0.1) is 0 Å². The molecule has 0 spiro atoms. The number of carbonyl (C=O) groups is 1. The Morgan fingerprint density at radius 3 is 3.00 bits per heavy atom. The molecular weight excluding hydrogens is 274 g/mol. The van der Waals surface area contributed by atoms with Crippen molar-refractivity contribution in [1.82, 2.24) is 10.4 Å². The van der Waals surface area contributed by atoms with E-state index in [4.69, 9.17) is 14.3 Å². The van der Waals surface area contributed by atoms with Crippen LogP contribution in [0.2, 0.25) is 0 Å². The number of hydrogen-bond donors (Lipinski definition) is 1. The third kappa shape index (κ3) is 5.05. The van der Waals surface area contributed by atoms with Crippen molar-refractivity contribution >= 4 is 12.1 Å². The summed E-state index contributed by atoms with van der Waals surface area (Å²) < 4.78 is 10.3. The predicted molar refractivity (Wildman–Crippen MR) is 77.1 cm³/mol. The van der Waals surface area contributed by atoms with E-state index in [1.165, 1.54) is 5.01 Å². The lowest BCUT2D eigenvalue weighted by atomic mass is 10.2. The van der Waals surface area contributed by atoms with Crippen LogP contribution in [0, 0.1) is 0 Å². The molecule has 0 atom stereocenters. The Bertz CT molecular complexity index is 468. The van der Waals surface area contributed by atoms with Gasteiger partial charge >= 0.3 is 0 Å². The Kier molecular flexibility index (Phi) is 5.99. The molecule has 1 fully saturated rings. The van der Waals surface area contributed by atoms with E-state index >= 15 is 0 Å². The van der Waals surface area contributed by atoms with Crippen molar-refractivity contribution in [1.29, 1.82) is 0 Å². The van der Waals surface area contributed by atoms with Gasteiger partial charge in [0.1, 0.15) is 5.75 Å². The lowest BCUT2D eigenvalue weighted by Gasteiger charge is -2.19. The van der Waals surface area contributed by atoms with E-state index in [2.05, 4.69) is 10.6 Å². The van der Waals surface area contributed by atoms with Crippen LogP contribution in [0.5, 0.6) is 5.75 Å². The van der Waals surface area contributed by atoms with Crippen molar-refractivity contribution in [3.05, 3.63) is 29.8 Å². The first-order valence-corrected chi connectivity index (χ1v) is 6.70. The van der Waals surface area contributed by atoms with Crippen molar-refractivity contribution in [2.45, 2.75) is 0 Å². The normalized spacial score (nSPS) is 15.8. The minimum absolute atomic E-state index is 0.111. The van der Waals surface area contributed by atoms with Crippen molar-refractivity contribution in [3.63, 3.8) is 0 Å². The molecule has 1 aromatic carbocycles. The summed E-state index contributed by atoms with van der Waals surface area (Å²) in [6.07, 6.45) is 1.55. The van der Waals surface area contributed by atoms with Crippen LogP contribution in [0.4, 0.5) is 0 Å². The smallest absolute Gasteiger partial charge is 0.277 e. The second-order valence-electron chi connectivity index (χ2n) is 4.35. The van der Waals surface area contributed by atoms with Crippen molar-refractivity contribution in [2.75, 3.05) is 40.0 Å². The Labute approximate surface area is 123 Å². The van der Waals surface area contributed by atoms with E-state index in [0.29, 0.717) is 26.3 Å². The number of ether oxygens (including phenoxy) is 2. The van der Waals surface area contributed by atoms with Crippen LogP contribution in [0.1, 0.15) is 5.56 Å². The zero-order valence-electron chi connectivity index (χ0n) is 11.9. The minimum atomic E-state index is -0.174. The standard InChI is InChI=1S/C14H19N3O4/c1-19-13-4-2-12(3-5-13)10-16-21-11-14(18)17-7-9-20-8-6-15-17/h2-5,10,15H,6-9,11H2,1H3/b16-10+. The number of hydrogen-bond acceptors (Lipinski definition) is 6. The molecule has 7 heteroatoms. The predicted octanol–water partition coefficient (Wildman–Crippen LogP) is 0.409. The molecule has 0 unspecified atom stereocenters. The number of nitrogens with zero attached hydrogens (tertiary/aromatic N) is 2. The molecule has 1 aliphatic heterocycles. The number of rotatable bonds is 5. The largest absolute Gasteiger partial charge is 0.497 e. The van der Waals surface area contributed by atoms with Crippen molar-refractivity contribution < 1.29 is 19.1 Å². The molecule has 1 saturated heterocycles. The van der Waals surface area contributed by atoms with Crippen molar-refractivity contribution in [2.24, 2.45) is 5.16 Å². The topological polar surface area (TPSA) is 72.4 Å². The number of hydrazine groups is 1. The number of oxime groups is 1. The molecule has 0 aromatic heterocycles. The first-order chi connectivity index (χ1) is 10.3. The van der Waals surface area contributed by atoms with Crippen LogP contribution in [0.25, 0.3) is 0 Å². The molecule has 1 aliphatic rings. The van der Waals surface area contributed by atoms with E-state index in [1.807, 2.05) is 24.3 Å². The van der Waals surface area contributed by atoms with Gasteiger partial charge in [0.15, 0.2) is 6.61 Å². The molecule has 1 heterocycles. The number of carbonyl (C=O) groups excluding carboxylic acids is 1. The first-order valence-electron chi connectivity index (χ1n) is 6.70. The van der Waals surface area contributed by atoms with Crippen LogP contribution in [-0.4, -0.2) is 57.2 Å². The molecule has 2 rings (SSSR count). The van der Waals surface area contributed by atoms with Gasteiger partial charge in [0, 0.05) is 6.54 Å². The van der Waals surface area contributed by atoms with Crippen LogP contribution < -0.4 is 10.2 Å². The molecule has 0 saturated carbocycles. The number of amides is 1. The second kappa shape index (κ2) is 8.23. The third-order valence-electron chi connectivity index (χ3n) is 2.89. The summed E-state index contributed by atoms with van der Waals surface area (Å²) in [6.45, 7) is 2.12. The monoisotopic (exact) mass is 293 g/mol. The molecule has 7 nitrogen and oxygen atoms in total. The van der Waals surface area contributed by atoms with Gasteiger partial charge in [0.25, 0.3) is 5.91 Å². The first kappa shape index (κ1) is 15.3. The van der Waals surface area contributed by atoms with E-state index in [0.717, 1.165) is 11.3 Å². The van der Waals surface area contributed by atoms with Crippen LogP contribution in [0.3, 0.4) is 0 Å². The van der Waals surface area contributed by atoms with Crippen LogP contribution in [-0.2, 0) is 14.4 Å². The average molecular weight is 293 g/mol. The molecule has 1 N–H and O–H groups in total. The highest BCUT2D eigenvalue weighted by Gasteiger charge is 2.15. The molecule has 0 bridgehead atoms. The summed E-state index contributed by atoms with van der Waals surface area (Å²) in [5.41, 5.74) is 3.83. The van der Waals surface area contributed by atoms with Gasteiger partial charge in [-0.25, -0.2) is 5.43 Å². The van der Waals surface area contributed by atoms with Crippen LogP contribution in [0.15, 0.2) is 29.4 Å². The van der Waals surface area contributed by atoms with E-state index < -0.39 is 0 Å². The molecule has 0 aliphatic carbocycles. The molecule has 1 amide bonds. The lowest BCUT2D eigenvalue weighted by Crippen LogP contribution is -2.45. The third-order valence-corrected chi connectivity index (χ3v) is 2.89. The number of methoxy groups -OCH3 is 1. The summed E-state index contributed by atoms with van der Waals surface area (Å²) in [4.78, 5) is 16.9. The van der Waals surface area contributed by atoms with Gasteiger partial charge in [0.2, 0.25) is 0 Å². The van der Waals surface area contributed by atoms with Gasteiger partial charge in [-0.2, -0.15) is 0 Å². The fourth-order valence-corrected chi connectivity index (χ4v) is 1.76. The van der Waals surface area contributed by atoms with E-state index in [1.54, 1.807) is 13.3 Å². The quantitative estimate of drug-likeness (QED) is 0.629. The summed E-state index contributed by atoms with van der Waals surface area (Å²) in [7, 11) is 1.61. The fraction of sp³-hybridized carbons (Fsp3) is 0.429. The Balaban J connectivity index is 1.74. The molecule has 0 radical (unpaired) electrons. The highest BCUT2D eigenvalue weighted by Crippen LogP contribution is 2.09. The summed E-state index contributed by atoms with van der Waals surface area (Å²) in [5.74, 6) is 0.602. The Morgan fingerprint density at radius 2 is 2.24 bits per heavy atom. The zero-order valence-corrected chi connectivity index (χ0v) is 11.9. The second-order valence-corrected chi connectivity index (χ2v) is 4.35. The summed E-state index contributed by atoms with van der Waals surface area (Å²) in [5, 5.41) is 5.28. The minimum Gasteiger partial charge on any atom is -0.497 e. The molecule has 114 valence electrons. The van der Waals surface area contributed by atoms with Crippen LogP contribution >= 0.6 is 0 Å². The highest BCUT2D eigenvalue weighted by atomic mass is 16.6. The SMILES string of the molecule is COc1ccc(/C=N/OCC(=O)N2CCOCCN2)cc1. The number of nitrogens with one attached hydrogen (secondary N) is 1. The van der Waals surface area contributed by atoms with Gasteiger partial charge < -0.3 is 14.3 Å². The highest BCUT2D eigenvalue weighted by molar-refractivity contribution is 5.80. The molecule has 21 heavy (non-hydrogen) atoms. The maximum atomic E-state index is 11.8.